The molecule has 1 heterocycles. The van der Waals surface area contributed by atoms with Gasteiger partial charge in [0.2, 0.25) is 0 Å². The number of hydrogen-bond acceptors (Lipinski definition) is 2. The van der Waals surface area contributed by atoms with Crippen LogP contribution in [0.1, 0.15) is 10.4 Å². The molecule has 0 saturated heterocycles. The number of pyridine rings is 1. The molecule has 18 heavy (non-hydrogen) atoms. The molecule has 2 rings (SSSR count). The van der Waals surface area contributed by atoms with Crippen LogP contribution in [0.25, 0.3) is 5.69 Å². The third-order valence-electron chi connectivity index (χ3n) is 2.35. The van der Waals surface area contributed by atoms with Gasteiger partial charge in [-0.25, -0.2) is 4.79 Å². The molecule has 0 fully saturated rings. The van der Waals surface area contributed by atoms with E-state index in [1.54, 1.807) is 18.2 Å². The van der Waals surface area contributed by atoms with Gasteiger partial charge in [-0.2, -0.15) is 0 Å². The van der Waals surface area contributed by atoms with Crippen LogP contribution in [0.2, 0.25) is 10.0 Å². The lowest BCUT2D eigenvalue weighted by Crippen LogP contribution is -2.18. The maximum atomic E-state index is 11.7. The lowest BCUT2D eigenvalue weighted by atomic mass is 10.2. The molecule has 92 valence electrons. The summed E-state index contributed by atoms with van der Waals surface area (Å²) >= 11 is 11.8. The van der Waals surface area contributed by atoms with Gasteiger partial charge in [0, 0.05) is 12.3 Å². The van der Waals surface area contributed by atoms with E-state index in [-0.39, 0.29) is 16.1 Å². The number of benzene rings is 1. The van der Waals surface area contributed by atoms with Crippen molar-refractivity contribution in [2.75, 3.05) is 0 Å². The summed E-state index contributed by atoms with van der Waals surface area (Å²) in [6.45, 7) is 0. The molecule has 0 amide bonds. The van der Waals surface area contributed by atoms with Gasteiger partial charge in [0.15, 0.2) is 0 Å². The maximum absolute atomic E-state index is 11.7. The molecule has 6 heteroatoms. The quantitative estimate of drug-likeness (QED) is 0.922. The number of rotatable bonds is 2. The summed E-state index contributed by atoms with van der Waals surface area (Å²) in [4.78, 5) is 22.6. The zero-order valence-corrected chi connectivity index (χ0v) is 10.4. The van der Waals surface area contributed by atoms with Gasteiger partial charge < -0.3 is 5.11 Å². The second-order valence-corrected chi connectivity index (χ2v) is 4.29. The largest absolute Gasteiger partial charge is 0.478 e. The molecule has 0 spiro atoms. The summed E-state index contributed by atoms with van der Waals surface area (Å²) in [6.07, 6.45) is 1.21. The Kier molecular flexibility index (Phi) is 3.41. The number of carboxylic acid groups (broad SMARTS) is 1. The molecular weight excluding hydrogens is 277 g/mol. The van der Waals surface area contributed by atoms with E-state index < -0.39 is 5.97 Å². The van der Waals surface area contributed by atoms with Crippen LogP contribution in [0.3, 0.4) is 0 Å². The molecule has 0 radical (unpaired) electrons. The molecule has 0 saturated carbocycles. The van der Waals surface area contributed by atoms with Gasteiger partial charge in [-0.15, -0.1) is 0 Å². The van der Waals surface area contributed by atoms with Gasteiger partial charge >= 0.3 is 5.97 Å². The zero-order chi connectivity index (χ0) is 13.3. The highest BCUT2D eigenvalue weighted by Crippen LogP contribution is 2.27. The number of hydrogen-bond donors (Lipinski definition) is 1. The Labute approximate surface area is 112 Å². The highest BCUT2D eigenvalue weighted by Gasteiger charge is 2.10. The summed E-state index contributed by atoms with van der Waals surface area (Å²) in [6, 6.07) is 7.20. The Balaban J connectivity index is 2.70. The van der Waals surface area contributed by atoms with E-state index in [0.717, 1.165) is 4.57 Å². The van der Waals surface area contributed by atoms with E-state index >= 15 is 0 Å². The van der Waals surface area contributed by atoms with Crippen molar-refractivity contribution in [3.05, 3.63) is 62.5 Å². The Morgan fingerprint density at radius 2 is 1.89 bits per heavy atom. The van der Waals surface area contributed by atoms with Gasteiger partial charge in [-0.1, -0.05) is 29.3 Å². The first-order valence-corrected chi connectivity index (χ1v) is 5.66. The van der Waals surface area contributed by atoms with Crippen LogP contribution in [-0.2, 0) is 0 Å². The van der Waals surface area contributed by atoms with Crippen LogP contribution in [0, 0.1) is 0 Å². The molecular formula is C12H7Cl2NO3. The van der Waals surface area contributed by atoms with Crippen molar-refractivity contribution in [2.45, 2.75) is 0 Å². The molecule has 0 aliphatic carbocycles. The standard InChI is InChI=1S/C12H7Cl2NO3/c13-8-2-1-3-9(11(8)14)15-6-7(12(17)18)4-5-10(15)16/h1-6H,(H,17,18). The van der Waals surface area contributed by atoms with Gasteiger partial charge in [0.1, 0.15) is 0 Å². The van der Waals surface area contributed by atoms with Crippen molar-refractivity contribution < 1.29 is 9.90 Å². The van der Waals surface area contributed by atoms with Crippen molar-refractivity contribution in [2.24, 2.45) is 0 Å². The summed E-state index contributed by atoms with van der Waals surface area (Å²) in [5, 5.41) is 9.39. The molecule has 0 aliphatic heterocycles. The molecule has 0 bridgehead atoms. The zero-order valence-electron chi connectivity index (χ0n) is 8.93. The summed E-state index contributed by atoms with van der Waals surface area (Å²) in [7, 11) is 0. The summed E-state index contributed by atoms with van der Waals surface area (Å²) < 4.78 is 1.15. The second kappa shape index (κ2) is 4.84. The fourth-order valence-corrected chi connectivity index (χ4v) is 1.87. The number of halogens is 2. The van der Waals surface area contributed by atoms with Crippen LogP contribution in [0.15, 0.2) is 41.3 Å². The second-order valence-electron chi connectivity index (χ2n) is 3.50. The van der Waals surface area contributed by atoms with E-state index in [1.807, 2.05) is 0 Å². The number of carbonyl (C=O) groups is 1. The van der Waals surface area contributed by atoms with Gasteiger partial charge in [-0.3, -0.25) is 9.36 Å². The fourth-order valence-electron chi connectivity index (χ4n) is 1.48. The fraction of sp³-hybridized carbons (Fsp3) is 0. The van der Waals surface area contributed by atoms with E-state index in [2.05, 4.69) is 0 Å². The smallest absolute Gasteiger partial charge is 0.337 e. The normalized spacial score (nSPS) is 10.3. The Morgan fingerprint density at radius 1 is 1.17 bits per heavy atom. The molecule has 1 N–H and O–H groups in total. The van der Waals surface area contributed by atoms with Crippen molar-refractivity contribution >= 4 is 29.2 Å². The first-order chi connectivity index (χ1) is 8.50. The first kappa shape index (κ1) is 12.7. The number of nitrogens with zero attached hydrogens (tertiary/aromatic N) is 1. The Hall–Kier alpha value is -1.78. The van der Waals surface area contributed by atoms with E-state index in [1.165, 1.54) is 18.3 Å². The van der Waals surface area contributed by atoms with Crippen molar-refractivity contribution in [3.63, 3.8) is 0 Å². The van der Waals surface area contributed by atoms with Gasteiger partial charge in [0.25, 0.3) is 5.56 Å². The first-order valence-electron chi connectivity index (χ1n) is 4.91. The number of aromatic nitrogens is 1. The lowest BCUT2D eigenvalue weighted by molar-refractivity contribution is 0.0696. The molecule has 0 atom stereocenters. The number of carboxylic acids is 1. The van der Waals surface area contributed by atoms with Crippen LogP contribution in [0.5, 0.6) is 0 Å². The molecule has 4 nitrogen and oxygen atoms in total. The van der Waals surface area contributed by atoms with E-state index in [4.69, 9.17) is 28.3 Å². The molecule has 0 aliphatic rings. The third kappa shape index (κ3) is 2.25. The minimum atomic E-state index is -1.12. The van der Waals surface area contributed by atoms with Gasteiger partial charge in [-0.05, 0) is 18.2 Å². The Bertz CT molecular complexity index is 679. The predicted molar refractivity (Wildman–Crippen MR) is 69.0 cm³/mol. The molecule has 1 aromatic heterocycles. The summed E-state index contributed by atoms with van der Waals surface area (Å²) in [5.41, 5.74) is -0.0490. The molecule has 2 aromatic rings. The minimum absolute atomic E-state index is 0.00866. The SMILES string of the molecule is O=C(O)c1ccc(=O)n(-c2cccc(Cl)c2Cl)c1. The third-order valence-corrected chi connectivity index (χ3v) is 3.16. The highest BCUT2D eigenvalue weighted by atomic mass is 35.5. The van der Waals surface area contributed by atoms with Crippen molar-refractivity contribution in [3.8, 4) is 5.69 Å². The maximum Gasteiger partial charge on any atom is 0.337 e. The highest BCUT2D eigenvalue weighted by molar-refractivity contribution is 6.43. The topological polar surface area (TPSA) is 59.3 Å². The molecule has 1 aromatic carbocycles. The summed E-state index contributed by atoms with van der Waals surface area (Å²) in [5.74, 6) is -1.12. The van der Waals surface area contributed by atoms with Crippen LogP contribution >= 0.6 is 23.2 Å². The van der Waals surface area contributed by atoms with E-state index in [0.29, 0.717) is 10.7 Å². The van der Waals surface area contributed by atoms with Crippen LogP contribution in [0.4, 0.5) is 0 Å². The van der Waals surface area contributed by atoms with Crippen LogP contribution in [-0.4, -0.2) is 15.6 Å². The van der Waals surface area contributed by atoms with Crippen molar-refractivity contribution in [1.29, 1.82) is 0 Å². The van der Waals surface area contributed by atoms with Crippen molar-refractivity contribution in [1.82, 2.24) is 4.57 Å². The van der Waals surface area contributed by atoms with Gasteiger partial charge in [0.05, 0.1) is 21.3 Å². The predicted octanol–water partition coefficient (Wildman–Crippen LogP) is 2.84. The average molecular weight is 284 g/mol. The van der Waals surface area contributed by atoms with E-state index in [9.17, 15) is 9.59 Å². The number of aromatic carboxylic acids is 1. The average Bonchev–Trinajstić information content (AvgIpc) is 2.33. The monoisotopic (exact) mass is 283 g/mol. The van der Waals surface area contributed by atoms with Crippen LogP contribution < -0.4 is 5.56 Å². The minimum Gasteiger partial charge on any atom is -0.478 e. The Morgan fingerprint density at radius 3 is 2.56 bits per heavy atom. The lowest BCUT2D eigenvalue weighted by Gasteiger charge is -2.09. The molecule has 0 unspecified atom stereocenters.